The highest BCUT2D eigenvalue weighted by Crippen LogP contribution is 2.11. The van der Waals surface area contributed by atoms with Crippen molar-refractivity contribution in [2.75, 3.05) is 6.54 Å². The summed E-state index contributed by atoms with van der Waals surface area (Å²) in [6.45, 7) is 3.14. The van der Waals surface area contributed by atoms with Crippen molar-refractivity contribution in [1.29, 1.82) is 0 Å². The van der Waals surface area contributed by atoms with Crippen molar-refractivity contribution >= 4 is 0 Å². The summed E-state index contributed by atoms with van der Waals surface area (Å²) in [5.74, 6) is 0. The first-order valence-electron chi connectivity index (χ1n) is 7.93. The largest absolute Gasteiger partial charge is 0.330 e. The molecule has 0 bridgehead atoms. The Hall–Kier alpha value is -0.0400. The molecule has 0 atom stereocenters. The maximum absolute atomic E-state index is 5.46. The molecular weight excluding hydrogens is 206 g/mol. The lowest BCUT2D eigenvalue weighted by Crippen LogP contribution is -1.97. The van der Waals surface area contributed by atoms with Gasteiger partial charge >= 0.3 is 0 Å². The molecule has 2 N–H and O–H groups in total. The van der Waals surface area contributed by atoms with Gasteiger partial charge in [-0.05, 0) is 19.4 Å². The number of rotatable bonds is 14. The SMILES string of the molecule is CCCCCCCCC[CH]CCCCCCN. The van der Waals surface area contributed by atoms with Gasteiger partial charge in [-0.25, -0.2) is 0 Å². The van der Waals surface area contributed by atoms with Crippen molar-refractivity contribution in [1.82, 2.24) is 0 Å². The molecule has 0 aliphatic rings. The van der Waals surface area contributed by atoms with Gasteiger partial charge in [-0.3, -0.25) is 0 Å². The summed E-state index contributed by atoms with van der Waals surface area (Å²) in [6, 6.07) is 0. The minimum absolute atomic E-state index is 0.863. The molecule has 0 amide bonds. The van der Waals surface area contributed by atoms with Crippen molar-refractivity contribution in [2.24, 2.45) is 5.73 Å². The lowest BCUT2D eigenvalue weighted by Gasteiger charge is -2.02. The fraction of sp³-hybridized carbons (Fsp3) is 0.938. The standard InChI is InChI=1S/C16H34N/c1-2-3-4-5-6-7-8-9-10-11-12-13-14-15-16-17/h10H,2-9,11-17H2,1H3. The van der Waals surface area contributed by atoms with Gasteiger partial charge in [0, 0.05) is 0 Å². The van der Waals surface area contributed by atoms with Crippen LogP contribution in [0.15, 0.2) is 0 Å². The van der Waals surface area contributed by atoms with Crippen LogP contribution in [0.25, 0.3) is 0 Å². The molecule has 0 aromatic carbocycles. The zero-order valence-electron chi connectivity index (χ0n) is 12.1. The first-order valence-corrected chi connectivity index (χ1v) is 7.93. The molecule has 0 rings (SSSR count). The quantitative estimate of drug-likeness (QED) is 0.413. The third kappa shape index (κ3) is 16.0. The summed E-state index contributed by atoms with van der Waals surface area (Å²) in [5.41, 5.74) is 5.46. The Labute approximate surface area is 110 Å². The second kappa shape index (κ2) is 16.0. The minimum Gasteiger partial charge on any atom is -0.330 e. The van der Waals surface area contributed by atoms with Crippen molar-refractivity contribution in [3.05, 3.63) is 6.42 Å². The van der Waals surface area contributed by atoms with Crippen molar-refractivity contribution < 1.29 is 0 Å². The Kier molecular flexibility index (Phi) is 15.9. The molecule has 17 heavy (non-hydrogen) atoms. The highest BCUT2D eigenvalue weighted by molar-refractivity contribution is 4.64. The first-order chi connectivity index (χ1) is 8.41. The average Bonchev–Trinajstić information content (AvgIpc) is 2.35. The second-order valence-corrected chi connectivity index (χ2v) is 5.19. The van der Waals surface area contributed by atoms with Crippen molar-refractivity contribution in [2.45, 2.75) is 90.4 Å². The van der Waals surface area contributed by atoms with Gasteiger partial charge < -0.3 is 5.73 Å². The molecule has 0 saturated carbocycles. The molecule has 0 aliphatic carbocycles. The van der Waals surface area contributed by atoms with Gasteiger partial charge in [-0.1, -0.05) is 84.0 Å². The van der Waals surface area contributed by atoms with Crippen LogP contribution in [0.2, 0.25) is 0 Å². The van der Waals surface area contributed by atoms with Gasteiger partial charge in [0.2, 0.25) is 0 Å². The highest BCUT2D eigenvalue weighted by atomic mass is 14.5. The number of unbranched alkanes of at least 4 members (excludes halogenated alkanes) is 13. The Balaban J connectivity index is 2.85. The van der Waals surface area contributed by atoms with Crippen LogP contribution in [0.3, 0.4) is 0 Å². The zero-order chi connectivity index (χ0) is 12.6. The maximum atomic E-state index is 5.46. The normalized spacial score (nSPS) is 10.9. The van der Waals surface area contributed by atoms with E-state index in [4.69, 9.17) is 5.73 Å². The molecule has 1 nitrogen and oxygen atoms in total. The molecule has 0 aliphatic heterocycles. The van der Waals surface area contributed by atoms with Crippen LogP contribution >= 0.6 is 0 Å². The summed E-state index contributed by atoms with van der Waals surface area (Å²) >= 11 is 0. The lowest BCUT2D eigenvalue weighted by atomic mass is 10.0. The molecule has 0 unspecified atom stereocenters. The average molecular weight is 240 g/mol. The van der Waals surface area contributed by atoms with E-state index in [1.54, 1.807) is 0 Å². The predicted molar refractivity (Wildman–Crippen MR) is 79.0 cm³/mol. The van der Waals surface area contributed by atoms with E-state index < -0.39 is 0 Å². The lowest BCUT2D eigenvalue weighted by molar-refractivity contribution is 0.578. The minimum atomic E-state index is 0.863. The Morgan fingerprint density at radius 3 is 1.65 bits per heavy atom. The number of hydrogen-bond acceptors (Lipinski definition) is 1. The highest BCUT2D eigenvalue weighted by Gasteiger charge is 1.93. The monoisotopic (exact) mass is 240 g/mol. The van der Waals surface area contributed by atoms with E-state index in [1.165, 1.54) is 83.5 Å². The van der Waals surface area contributed by atoms with E-state index in [9.17, 15) is 0 Å². The van der Waals surface area contributed by atoms with Crippen LogP contribution in [-0.4, -0.2) is 6.54 Å². The fourth-order valence-corrected chi connectivity index (χ4v) is 2.18. The third-order valence-electron chi connectivity index (χ3n) is 3.37. The molecule has 0 aromatic rings. The second-order valence-electron chi connectivity index (χ2n) is 5.19. The van der Waals surface area contributed by atoms with Gasteiger partial charge in [-0.15, -0.1) is 0 Å². The van der Waals surface area contributed by atoms with Crippen molar-refractivity contribution in [3.8, 4) is 0 Å². The Morgan fingerprint density at radius 2 is 1.12 bits per heavy atom. The van der Waals surface area contributed by atoms with Crippen LogP contribution < -0.4 is 5.73 Å². The van der Waals surface area contributed by atoms with Crippen LogP contribution in [0.4, 0.5) is 0 Å². The van der Waals surface area contributed by atoms with E-state index in [2.05, 4.69) is 13.3 Å². The Bertz CT molecular complexity index is 109. The van der Waals surface area contributed by atoms with Gasteiger partial charge in [0.1, 0.15) is 0 Å². The zero-order valence-corrected chi connectivity index (χ0v) is 12.1. The van der Waals surface area contributed by atoms with E-state index in [0.29, 0.717) is 0 Å². The van der Waals surface area contributed by atoms with Crippen LogP contribution in [0.1, 0.15) is 90.4 Å². The van der Waals surface area contributed by atoms with E-state index in [-0.39, 0.29) is 0 Å². The molecule has 0 heterocycles. The molecular formula is C16H34N. The molecule has 1 radical (unpaired) electrons. The number of nitrogens with two attached hydrogens (primary N) is 1. The summed E-state index contributed by atoms with van der Waals surface area (Å²) in [4.78, 5) is 0. The van der Waals surface area contributed by atoms with Crippen molar-refractivity contribution in [3.63, 3.8) is 0 Å². The summed E-state index contributed by atoms with van der Waals surface area (Å²) in [7, 11) is 0. The molecule has 0 saturated heterocycles. The summed E-state index contributed by atoms with van der Waals surface area (Å²) in [5, 5.41) is 0. The topological polar surface area (TPSA) is 26.0 Å². The van der Waals surface area contributed by atoms with Crippen LogP contribution in [0, 0.1) is 6.42 Å². The van der Waals surface area contributed by atoms with Crippen LogP contribution in [0.5, 0.6) is 0 Å². The van der Waals surface area contributed by atoms with Crippen LogP contribution in [-0.2, 0) is 0 Å². The van der Waals surface area contributed by atoms with E-state index in [1.807, 2.05) is 0 Å². The van der Waals surface area contributed by atoms with Gasteiger partial charge in [0.25, 0.3) is 0 Å². The third-order valence-corrected chi connectivity index (χ3v) is 3.37. The molecule has 0 fully saturated rings. The Morgan fingerprint density at radius 1 is 0.647 bits per heavy atom. The maximum Gasteiger partial charge on any atom is -0.00773 e. The fourth-order valence-electron chi connectivity index (χ4n) is 2.18. The van der Waals surface area contributed by atoms with Gasteiger partial charge in [-0.2, -0.15) is 0 Å². The molecule has 0 spiro atoms. The molecule has 1 heteroatoms. The smallest absolute Gasteiger partial charge is 0.00773 e. The number of hydrogen-bond donors (Lipinski definition) is 1. The molecule has 103 valence electrons. The molecule has 0 aromatic heterocycles. The van der Waals surface area contributed by atoms with Gasteiger partial charge in [0.05, 0.1) is 0 Å². The van der Waals surface area contributed by atoms with E-state index in [0.717, 1.165) is 6.54 Å². The predicted octanol–water partition coefficient (Wildman–Crippen LogP) is 5.24. The van der Waals surface area contributed by atoms with E-state index >= 15 is 0 Å². The van der Waals surface area contributed by atoms with Gasteiger partial charge in [0.15, 0.2) is 0 Å². The summed E-state index contributed by atoms with van der Waals surface area (Å²) in [6.07, 6.45) is 20.4. The first kappa shape index (κ1) is 17.0. The summed E-state index contributed by atoms with van der Waals surface area (Å²) < 4.78 is 0.